The Morgan fingerprint density at radius 2 is 1.81 bits per heavy atom. The van der Waals surface area contributed by atoms with Crippen molar-refractivity contribution in [3.05, 3.63) is 46.4 Å². The summed E-state index contributed by atoms with van der Waals surface area (Å²) in [6.45, 7) is 0. The van der Waals surface area contributed by atoms with Crippen LogP contribution in [0.15, 0.2) is 40.9 Å². The highest BCUT2D eigenvalue weighted by Gasteiger charge is 2.23. The zero-order chi connectivity index (χ0) is 14.8. The molecule has 3 N–H and O–H groups in total. The summed E-state index contributed by atoms with van der Waals surface area (Å²) in [6, 6.07) is 12.0. The van der Waals surface area contributed by atoms with Gasteiger partial charge in [-0.15, -0.1) is 0 Å². The Labute approximate surface area is 133 Å². The van der Waals surface area contributed by atoms with Crippen LogP contribution in [-0.2, 0) is 0 Å². The van der Waals surface area contributed by atoms with Crippen LogP contribution in [-0.4, -0.2) is 18.0 Å². The van der Waals surface area contributed by atoms with Crippen LogP contribution in [0.5, 0.6) is 0 Å². The molecule has 0 aromatic heterocycles. The SMILES string of the molecule is N[C@@H]1CCCC[C@H]1NC(=O)c1ccc2cc(Br)ccc2c1. The van der Waals surface area contributed by atoms with E-state index in [0.717, 1.165) is 34.5 Å². The van der Waals surface area contributed by atoms with Crippen LogP contribution in [0.3, 0.4) is 0 Å². The van der Waals surface area contributed by atoms with Crippen LogP contribution in [0.2, 0.25) is 0 Å². The van der Waals surface area contributed by atoms with E-state index < -0.39 is 0 Å². The topological polar surface area (TPSA) is 55.1 Å². The highest BCUT2D eigenvalue weighted by molar-refractivity contribution is 9.10. The lowest BCUT2D eigenvalue weighted by Gasteiger charge is -2.29. The normalized spacial score (nSPS) is 22.2. The number of carbonyl (C=O) groups excluding carboxylic acids is 1. The smallest absolute Gasteiger partial charge is 0.251 e. The Hall–Kier alpha value is -1.39. The molecule has 1 aliphatic rings. The summed E-state index contributed by atoms with van der Waals surface area (Å²) in [5, 5.41) is 5.28. The van der Waals surface area contributed by atoms with Crippen molar-refractivity contribution in [2.75, 3.05) is 0 Å². The van der Waals surface area contributed by atoms with Crippen molar-refractivity contribution in [2.45, 2.75) is 37.8 Å². The summed E-state index contributed by atoms with van der Waals surface area (Å²) in [6.07, 6.45) is 4.28. The van der Waals surface area contributed by atoms with Crippen molar-refractivity contribution >= 4 is 32.6 Å². The average Bonchev–Trinajstić information content (AvgIpc) is 2.49. The molecule has 2 aromatic rings. The molecule has 2 atom stereocenters. The van der Waals surface area contributed by atoms with Gasteiger partial charge >= 0.3 is 0 Å². The quantitative estimate of drug-likeness (QED) is 0.872. The second kappa shape index (κ2) is 6.16. The van der Waals surface area contributed by atoms with Crippen LogP contribution in [0.4, 0.5) is 0 Å². The molecule has 110 valence electrons. The number of fused-ring (bicyclic) bond motifs is 1. The number of rotatable bonds is 2. The van der Waals surface area contributed by atoms with Gasteiger partial charge in [-0.05, 0) is 47.9 Å². The fourth-order valence-electron chi connectivity index (χ4n) is 2.95. The lowest BCUT2D eigenvalue weighted by Crippen LogP contribution is -2.49. The van der Waals surface area contributed by atoms with Gasteiger partial charge in [0.05, 0.1) is 0 Å². The van der Waals surface area contributed by atoms with E-state index in [1.807, 2.05) is 36.4 Å². The molecule has 0 saturated heterocycles. The van der Waals surface area contributed by atoms with E-state index in [2.05, 4.69) is 21.2 Å². The van der Waals surface area contributed by atoms with Crippen molar-refractivity contribution < 1.29 is 4.79 Å². The van der Waals surface area contributed by atoms with E-state index in [4.69, 9.17) is 5.73 Å². The minimum Gasteiger partial charge on any atom is -0.348 e. The number of halogens is 1. The second-order valence-corrected chi connectivity index (χ2v) is 6.65. The molecule has 2 aromatic carbocycles. The van der Waals surface area contributed by atoms with Crippen LogP contribution >= 0.6 is 15.9 Å². The summed E-state index contributed by atoms with van der Waals surface area (Å²) in [5.41, 5.74) is 6.79. The van der Waals surface area contributed by atoms with E-state index in [-0.39, 0.29) is 18.0 Å². The Morgan fingerprint density at radius 3 is 2.62 bits per heavy atom. The first-order valence-electron chi connectivity index (χ1n) is 7.39. The van der Waals surface area contributed by atoms with Crippen LogP contribution in [0, 0.1) is 0 Å². The first-order valence-corrected chi connectivity index (χ1v) is 8.18. The van der Waals surface area contributed by atoms with Crippen molar-refractivity contribution in [1.82, 2.24) is 5.32 Å². The van der Waals surface area contributed by atoms with Gasteiger partial charge in [0.1, 0.15) is 0 Å². The van der Waals surface area contributed by atoms with Gasteiger partial charge in [0, 0.05) is 22.1 Å². The molecule has 0 unspecified atom stereocenters. The van der Waals surface area contributed by atoms with E-state index in [1.165, 1.54) is 6.42 Å². The van der Waals surface area contributed by atoms with Gasteiger partial charge in [-0.3, -0.25) is 4.79 Å². The highest BCUT2D eigenvalue weighted by atomic mass is 79.9. The highest BCUT2D eigenvalue weighted by Crippen LogP contribution is 2.22. The molecule has 0 heterocycles. The van der Waals surface area contributed by atoms with Crippen molar-refractivity contribution in [3.8, 4) is 0 Å². The van der Waals surface area contributed by atoms with Gasteiger partial charge in [-0.25, -0.2) is 0 Å². The minimum absolute atomic E-state index is 0.0258. The first kappa shape index (κ1) is 14.5. The molecule has 0 radical (unpaired) electrons. The number of carbonyl (C=O) groups is 1. The zero-order valence-electron chi connectivity index (χ0n) is 11.8. The Bertz CT molecular complexity index is 671. The molecule has 0 spiro atoms. The number of hydrogen-bond donors (Lipinski definition) is 2. The third-order valence-corrected chi connectivity index (χ3v) is 4.69. The van der Waals surface area contributed by atoms with Crippen LogP contribution in [0.25, 0.3) is 10.8 Å². The molecular weight excluding hydrogens is 328 g/mol. The Morgan fingerprint density at radius 1 is 1.10 bits per heavy atom. The standard InChI is InChI=1S/C17H19BrN2O/c18-14-8-7-11-9-13(6-5-12(11)10-14)17(21)20-16-4-2-1-3-15(16)19/h5-10,15-16H,1-4,19H2,(H,20,21)/t15-,16-/m1/s1. The molecule has 1 aliphatic carbocycles. The maximum atomic E-state index is 12.4. The fourth-order valence-corrected chi connectivity index (χ4v) is 3.33. The largest absolute Gasteiger partial charge is 0.348 e. The summed E-state index contributed by atoms with van der Waals surface area (Å²) in [5.74, 6) is -0.0258. The van der Waals surface area contributed by atoms with Crippen LogP contribution < -0.4 is 11.1 Å². The molecule has 3 nitrogen and oxygen atoms in total. The predicted octanol–water partition coefficient (Wildman–Crippen LogP) is 3.60. The number of nitrogens with one attached hydrogen (secondary N) is 1. The molecule has 4 heteroatoms. The molecule has 21 heavy (non-hydrogen) atoms. The van der Waals surface area contributed by atoms with E-state index >= 15 is 0 Å². The summed E-state index contributed by atoms with van der Waals surface area (Å²) >= 11 is 3.46. The van der Waals surface area contributed by atoms with E-state index in [0.29, 0.717) is 5.56 Å². The number of hydrogen-bond acceptors (Lipinski definition) is 2. The van der Waals surface area contributed by atoms with Gasteiger partial charge in [0.15, 0.2) is 0 Å². The predicted molar refractivity (Wildman–Crippen MR) is 89.3 cm³/mol. The third kappa shape index (κ3) is 3.27. The summed E-state index contributed by atoms with van der Waals surface area (Å²) in [7, 11) is 0. The maximum Gasteiger partial charge on any atom is 0.251 e. The summed E-state index contributed by atoms with van der Waals surface area (Å²) < 4.78 is 1.04. The van der Waals surface area contributed by atoms with Gasteiger partial charge in [0.2, 0.25) is 0 Å². The molecular formula is C17H19BrN2O. The third-order valence-electron chi connectivity index (χ3n) is 4.20. The molecule has 3 rings (SSSR count). The summed E-state index contributed by atoms with van der Waals surface area (Å²) in [4.78, 5) is 12.4. The van der Waals surface area contributed by atoms with Crippen molar-refractivity contribution in [2.24, 2.45) is 5.73 Å². The lowest BCUT2D eigenvalue weighted by atomic mass is 9.91. The molecule has 1 amide bonds. The second-order valence-electron chi connectivity index (χ2n) is 5.73. The van der Waals surface area contributed by atoms with Gasteiger partial charge < -0.3 is 11.1 Å². The maximum absolute atomic E-state index is 12.4. The monoisotopic (exact) mass is 346 g/mol. The number of amides is 1. The first-order chi connectivity index (χ1) is 10.1. The van der Waals surface area contributed by atoms with E-state index in [1.54, 1.807) is 0 Å². The Balaban J connectivity index is 1.79. The molecule has 0 bridgehead atoms. The molecule has 0 aliphatic heterocycles. The molecule has 1 saturated carbocycles. The number of nitrogens with two attached hydrogens (primary N) is 1. The van der Waals surface area contributed by atoms with Crippen LogP contribution in [0.1, 0.15) is 36.0 Å². The van der Waals surface area contributed by atoms with Gasteiger partial charge in [-0.1, -0.05) is 40.9 Å². The van der Waals surface area contributed by atoms with E-state index in [9.17, 15) is 4.79 Å². The number of benzene rings is 2. The zero-order valence-corrected chi connectivity index (χ0v) is 13.4. The van der Waals surface area contributed by atoms with Crippen molar-refractivity contribution in [3.63, 3.8) is 0 Å². The average molecular weight is 347 g/mol. The Kier molecular flexibility index (Phi) is 4.27. The van der Waals surface area contributed by atoms with Crippen molar-refractivity contribution in [1.29, 1.82) is 0 Å². The van der Waals surface area contributed by atoms with Gasteiger partial charge in [-0.2, -0.15) is 0 Å². The fraction of sp³-hybridized carbons (Fsp3) is 0.353. The van der Waals surface area contributed by atoms with Gasteiger partial charge in [0.25, 0.3) is 5.91 Å². The molecule has 1 fully saturated rings. The lowest BCUT2D eigenvalue weighted by molar-refractivity contribution is 0.0921. The minimum atomic E-state index is -0.0258.